The third-order valence-electron chi connectivity index (χ3n) is 2.44. The molecule has 1 rings (SSSR count). The Morgan fingerprint density at radius 3 is 2.41 bits per heavy atom. The highest BCUT2D eigenvalue weighted by Crippen LogP contribution is 2.27. The van der Waals surface area contributed by atoms with Gasteiger partial charge in [-0.1, -0.05) is 26.8 Å². The van der Waals surface area contributed by atoms with Gasteiger partial charge in [-0.05, 0) is 30.2 Å². The molecule has 0 atom stereocenters. The van der Waals surface area contributed by atoms with Crippen LogP contribution in [0.15, 0.2) is 18.2 Å². The summed E-state index contributed by atoms with van der Waals surface area (Å²) >= 11 is 0. The molecule has 1 N–H and O–H groups in total. The van der Waals surface area contributed by atoms with Crippen LogP contribution >= 0.6 is 0 Å². The number of hydrogen-bond donors (Lipinski definition) is 1. The monoisotopic (exact) mass is 237 g/mol. The Morgan fingerprint density at radius 2 is 1.94 bits per heavy atom. The molecule has 0 fully saturated rings. The average Bonchev–Trinajstić information content (AvgIpc) is 2.14. The molecule has 0 radical (unpaired) electrons. The second-order valence-corrected chi connectivity index (χ2v) is 5.74. The Hall–Kier alpha value is -1.22. The summed E-state index contributed by atoms with van der Waals surface area (Å²) in [6.45, 7) is 8.49. The molecular weight excluding hydrogens is 214 g/mol. The number of aromatic hydroxyl groups is 1. The van der Waals surface area contributed by atoms with Crippen molar-refractivity contribution in [3.63, 3.8) is 0 Å². The third-order valence-corrected chi connectivity index (χ3v) is 2.44. The molecule has 0 aliphatic carbocycles. The van der Waals surface area contributed by atoms with E-state index in [0.717, 1.165) is 18.7 Å². The van der Waals surface area contributed by atoms with Crippen LogP contribution in [0.1, 0.15) is 26.3 Å². The van der Waals surface area contributed by atoms with Crippen LogP contribution in [-0.4, -0.2) is 30.7 Å². The minimum absolute atomic E-state index is 0.203. The first kappa shape index (κ1) is 13.8. The summed E-state index contributed by atoms with van der Waals surface area (Å²) in [5.41, 5.74) is 1.37. The SMILES string of the molecule is COc1ccc(CN(C)CC(C)(C)C)cc1O. The number of benzene rings is 1. The maximum atomic E-state index is 9.69. The minimum atomic E-state index is 0.203. The summed E-state index contributed by atoms with van der Waals surface area (Å²) in [4.78, 5) is 2.25. The van der Waals surface area contributed by atoms with Gasteiger partial charge < -0.3 is 14.7 Å². The van der Waals surface area contributed by atoms with Crippen molar-refractivity contribution in [3.8, 4) is 11.5 Å². The average molecular weight is 237 g/mol. The summed E-state index contributed by atoms with van der Waals surface area (Å²) in [6.07, 6.45) is 0. The molecule has 0 unspecified atom stereocenters. The van der Waals surface area contributed by atoms with E-state index in [-0.39, 0.29) is 11.2 Å². The number of rotatable bonds is 4. The zero-order valence-electron chi connectivity index (χ0n) is 11.4. The highest BCUT2D eigenvalue weighted by Gasteiger charge is 2.14. The van der Waals surface area contributed by atoms with Crippen molar-refractivity contribution < 1.29 is 9.84 Å². The molecule has 0 heterocycles. The maximum absolute atomic E-state index is 9.69. The van der Waals surface area contributed by atoms with Crippen molar-refractivity contribution in [1.29, 1.82) is 0 Å². The van der Waals surface area contributed by atoms with Gasteiger partial charge in [0, 0.05) is 13.1 Å². The zero-order chi connectivity index (χ0) is 13.1. The van der Waals surface area contributed by atoms with Crippen molar-refractivity contribution in [2.45, 2.75) is 27.3 Å². The van der Waals surface area contributed by atoms with E-state index in [1.165, 1.54) is 0 Å². The van der Waals surface area contributed by atoms with Gasteiger partial charge in [-0.3, -0.25) is 0 Å². The first-order chi connectivity index (χ1) is 7.81. The number of phenolic OH excluding ortho intramolecular Hbond substituents is 1. The number of nitrogens with zero attached hydrogens (tertiary/aromatic N) is 1. The predicted octanol–water partition coefficient (Wildman–Crippen LogP) is 2.88. The van der Waals surface area contributed by atoms with Crippen LogP contribution in [0, 0.1) is 5.41 Å². The van der Waals surface area contributed by atoms with Crippen molar-refractivity contribution in [2.24, 2.45) is 5.41 Å². The normalized spacial score (nSPS) is 11.9. The Kier molecular flexibility index (Phi) is 4.40. The third kappa shape index (κ3) is 4.65. The van der Waals surface area contributed by atoms with Gasteiger partial charge in [-0.2, -0.15) is 0 Å². The maximum Gasteiger partial charge on any atom is 0.160 e. The van der Waals surface area contributed by atoms with E-state index >= 15 is 0 Å². The van der Waals surface area contributed by atoms with Gasteiger partial charge in [0.15, 0.2) is 11.5 Å². The molecule has 1 aromatic carbocycles. The van der Waals surface area contributed by atoms with Gasteiger partial charge in [0.1, 0.15) is 0 Å². The molecule has 0 spiro atoms. The fraction of sp³-hybridized carbons (Fsp3) is 0.571. The summed E-state index contributed by atoms with van der Waals surface area (Å²) in [5, 5.41) is 9.69. The molecule has 0 bridgehead atoms. The number of hydrogen-bond acceptors (Lipinski definition) is 3. The van der Waals surface area contributed by atoms with E-state index in [1.807, 2.05) is 6.07 Å². The molecule has 0 aliphatic rings. The molecule has 0 aromatic heterocycles. The molecule has 0 saturated carbocycles. The van der Waals surface area contributed by atoms with Gasteiger partial charge in [0.25, 0.3) is 0 Å². The molecule has 0 saturated heterocycles. The van der Waals surface area contributed by atoms with Crippen molar-refractivity contribution in [2.75, 3.05) is 20.7 Å². The Bertz CT molecular complexity index is 369. The fourth-order valence-electron chi connectivity index (χ4n) is 2.01. The lowest BCUT2D eigenvalue weighted by Gasteiger charge is -2.26. The standard InChI is InChI=1S/C14H23NO2/c1-14(2,3)10-15(4)9-11-6-7-13(17-5)12(16)8-11/h6-8,16H,9-10H2,1-5H3. The van der Waals surface area contributed by atoms with Crippen LogP contribution in [0.4, 0.5) is 0 Å². The van der Waals surface area contributed by atoms with E-state index in [9.17, 15) is 5.11 Å². The van der Waals surface area contributed by atoms with Gasteiger partial charge in [0.05, 0.1) is 7.11 Å². The summed E-state index contributed by atoms with van der Waals surface area (Å²) in [5.74, 6) is 0.724. The van der Waals surface area contributed by atoms with E-state index in [4.69, 9.17) is 4.74 Å². The van der Waals surface area contributed by atoms with Crippen molar-refractivity contribution in [3.05, 3.63) is 23.8 Å². The topological polar surface area (TPSA) is 32.7 Å². The van der Waals surface area contributed by atoms with Gasteiger partial charge in [-0.25, -0.2) is 0 Å². The van der Waals surface area contributed by atoms with E-state index in [0.29, 0.717) is 5.75 Å². The molecule has 1 aromatic rings. The quantitative estimate of drug-likeness (QED) is 0.874. The summed E-state index contributed by atoms with van der Waals surface area (Å²) < 4.78 is 5.02. The predicted molar refractivity (Wildman–Crippen MR) is 70.4 cm³/mol. The van der Waals surface area contributed by atoms with Crippen molar-refractivity contribution >= 4 is 0 Å². The smallest absolute Gasteiger partial charge is 0.160 e. The highest BCUT2D eigenvalue weighted by atomic mass is 16.5. The molecule has 96 valence electrons. The lowest BCUT2D eigenvalue weighted by atomic mass is 9.96. The van der Waals surface area contributed by atoms with Crippen LogP contribution < -0.4 is 4.74 Å². The van der Waals surface area contributed by atoms with Crippen LogP contribution in [0.5, 0.6) is 11.5 Å². The van der Waals surface area contributed by atoms with Gasteiger partial charge >= 0.3 is 0 Å². The van der Waals surface area contributed by atoms with E-state index < -0.39 is 0 Å². The lowest BCUT2D eigenvalue weighted by molar-refractivity contribution is 0.220. The van der Waals surface area contributed by atoms with E-state index in [1.54, 1.807) is 19.2 Å². The van der Waals surface area contributed by atoms with E-state index in [2.05, 4.69) is 32.7 Å². The Labute approximate surface area is 104 Å². The van der Waals surface area contributed by atoms with Gasteiger partial charge in [0.2, 0.25) is 0 Å². The minimum Gasteiger partial charge on any atom is -0.504 e. The highest BCUT2D eigenvalue weighted by molar-refractivity contribution is 5.41. The fourth-order valence-corrected chi connectivity index (χ4v) is 2.01. The second kappa shape index (κ2) is 5.41. The molecule has 0 amide bonds. The van der Waals surface area contributed by atoms with Crippen LogP contribution in [0.2, 0.25) is 0 Å². The first-order valence-electron chi connectivity index (χ1n) is 5.86. The van der Waals surface area contributed by atoms with Crippen LogP contribution in [-0.2, 0) is 6.54 Å². The first-order valence-corrected chi connectivity index (χ1v) is 5.86. The number of phenols is 1. The van der Waals surface area contributed by atoms with Gasteiger partial charge in [-0.15, -0.1) is 0 Å². The molecule has 0 aliphatic heterocycles. The second-order valence-electron chi connectivity index (χ2n) is 5.74. The summed E-state index contributed by atoms with van der Waals surface area (Å²) in [7, 11) is 3.65. The lowest BCUT2D eigenvalue weighted by Crippen LogP contribution is -2.28. The molecule has 3 heteroatoms. The molecular formula is C14H23NO2. The summed E-state index contributed by atoms with van der Waals surface area (Å²) in [6, 6.07) is 5.55. The molecule has 17 heavy (non-hydrogen) atoms. The number of ether oxygens (including phenoxy) is 1. The zero-order valence-corrected chi connectivity index (χ0v) is 11.4. The van der Waals surface area contributed by atoms with Crippen molar-refractivity contribution in [1.82, 2.24) is 4.90 Å². The van der Waals surface area contributed by atoms with Crippen LogP contribution in [0.3, 0.4) is 0 Å². The molecule has 3 nitrogen and oxygen atoms in total. The number of methoxy groups -OCH3 is 1. The Morgan fingerprint density at radius 1 is 1.29 bits per heavy atom. The largest absolute Gasteiger partial charge is 0.504 e. The van der Waals surface area contributed by atoms with Crippen LogP contribution in [0.25, 0.3) is 0 Å². The Balaban J connectivity index is 2.66.